The van der Waals surface area contributed by atoms with Crippen molar-refractivity contribution >= 4 is 40.5 Å². The van der Waals surface area contributed by atoms with E-state index in [9.17, 15) is 14.4 Å². The number of ketones is 1. The first-order valence-corrected chi connectivity index (χ1v) is 13.9. The van der Waals surface area contributed by atoms with Gasteiger partial charge in [0.15, 0.2) is 5.78 Å². The van der Waals surface area contributed by atoms with Crippen molar-refractivity contribution in [1.82, 2.24) is 14.7 Å². The number of amides is 2. The third-order valence-electron chi connectivity index (χ3n) is 7.62. The molecule has 1 saturated heterocycles. The van der Waals surface area contributed by atoms with Crippen molar-refractivity contribution in [3.05, 3.63) is 110 Å². The number of aromatic nitrogens is 2. The molecule has 9 heteroatoms. The van der Waals surface area contributed by atoms with Gasteiger partial charge >= 0.3 is 0 Å². The lowest BCUT2D eigenvalue weighted by Crippen LogP contribution is -2.46. The Hall–Kier alpha value is -3.75. The van der Waals surface area contributed by atoms with Gasteiger partial charge in [-0.2, -0.15) is 5.10 Å². The molecular weight excluding hydrogens is 532 g/mol. The summed E-state index contributed by atoms with van der Waals surface area (Å²) in [7, 11) is 1.71. The van der Waals surface area contributed by atoms with Gasteiger partial charge in [0, 0.05) is 34.5 Å². The highest BCUT2D eigenvalue weighted by atomic mass is 35.5. The maximum atomic E-state index is 14.6. The molecule has 1 fully saturated rings. The summed E-state index contributed by atoms with van der Waals surface area (Å²) in [5.41, 5.74) is 9.88. The summed E-state index contributed by atoms with van der Waals surface area (Å²) in [5, 5.41) is 6.73. The van der Waals surface area contributed by atoms with Crippen LogP contribution in [0.15, 0.2) is 66.0 Å². The molecule has 0 bridgehead atoms. The number of halogens is 1. The minimum atomic E-state index is -1.09. The van der Waals surface area contributed by atoms with Gasteiger partial charge in [0.25, 0.3) is 5.91 Å². The number of aryl methyl sites for hydroxylation is 4. The first kappa shape index (κ1) is 26.8. The summed E-state index contributed by atoms with van der Waals surface area (Å²) in [4.78, 5) is 44.6. The van der Waals surface area contributed by atoms with Crippen LogP contribution in [0.1, 0.15) is 59.9 Å². The number of hydrogen-bond acceptors (Lipinski definition) is 5. The van der Waals surface area contributed by atoms with Gasteiger partial charge in [-0.25, -0.2) is 0 Å². The zero-order chi connectivity index (χ0) is 28.0. The Bertz CT molecular complexity index is 1580. The molecule has 1 aliphatic heterocycles. The molecule has 0 spiro atoms. The molecule has 2 aromatic carbocycles. The average molecular weight is 561 g/mol. The molecule has 4 atom stereocenters. The van der Waals surface area contributed by atoms with E-state index < -0.39 is 35.7 Å². The standard InChI is InChI=1S/C30H29ClN4O3S/c1-16-10-8-9-13-20(16)26(36)22-23(27-17(2)14-15-39-27)25(29(32)37)35(30(38)19-11-6-5-7-12-19)24(22)21-18(3)33-34(4)28(21)31/h5-15,22-25H,1-4H3,(H2,32,37). The molecule has 2 N–H and O–H groups in total. The molecular formula is C30H29ClN4O3S. The van der Waals surface area contributed by atoms with Crippen LogP contribution in [0.5, 0.6) is 0 Å². The first-order valence-electron chi connectivity index (χ1n) is 12.6. The van der Waals surface area contributed by atoms with Gasteiger partial charge in [0.1, 0.15) is 11.2 Å². The number of carbonyl (C=O) groups is 3. The Labute approximate surface area is 236 Å². The lowest BCUT2D eigenvalue weighted by molar-refractivity contribution is -0.122. The fourth-order valence-electron chi connectivity index (χ4n) is 5.88. The molecule has 39 heavy (non-hydrogen) atoms. The highest BCUT2D eigenvalue weighted by Gasteiger charge is 2.59. The molecule has 7 nitrogen and oxygen atoms in total. The second kappa shape index (κ2) is 10.4. The largest absolute Gasteiger partial charge is 0.368 e. The van der Waals surface area contributed by atoms with E-state index in [1.165, 1.54) is 20.9 Å². The molecule has 3 heterocycles. The van der Waals surface area contributed by atoms with Crippen molar-refractivity contribution in [2.24, 2.45) is 18.7 Å². The topological polar surface area (TPSA) is 98.3 Å². The zero-order valence-corrected chi connectivity index (χ0v) is 23.7. The second-order valence-corrected chi connectivity index (χ2v) is 11.3. The molecule has 0 radical (unpaired) electrons. The molecule has 4 unspecified atom stereocenters. The van der Waals surface area contributed by atoms with Crippen molar-refractivity contribution in [2.75, 3.05) is 0 Å². The van der Waals surface area contributed by atoms with Crippen LogP contribution in [0.25, 0.3) is 0 Å². The maximum Gasteiger partial charge on any atom is 0.255 e. The van der Waals surface area contributed by atoms with Crippen LogP contribution in [0.3, 0.4) is 0 Å². The number of nitrogens with two attached hydrogens (primary N) is 1. The van der Waals surface area contributed by atoms with Crippen molar-refractivity contribution in [1.29, 1.82) is 0 Å². The summed E-state index contributed by atoms with van der Waals surface area (Å²) in [6.45, 7) is 5.62. The van der Waals surface area contributed by atoms with Crippen LogP contribution in [0.4, 0.5) is 0 Å². The monoisotopic (exact) mass is 560 g/mol. The average Bonchev–Trinajstić information content (AvgIpc) is 3.56. The van der Waals surface area contributed by atoms with Gasteiger partial charge in [-0.3, -0.25) is 19.1 Å². The van der Waals surface area contributed by atoms with E-state index >= 15 is 0 Å². The fourth-order valence-corrected chi connectivity index (χ4v) is 7.27. The number of benzene rings is 2. The fraction of sp³-hybridized carbons (Fsp3) is 0.267. The molecule has 1 aliphatic rings. The number of rotatable bonds is 6. The van der Waals surface area contributed by atoms with Gasteiger partial charge in [-0.15, -0.1) is 11.3 Å². The lowest BCUT2D eigenvalue weighted by atomic mass is 9.77. The number of nitrogens with zero attached hydrogens (tertiary/aromatic N) is 3. The van der Waals surface area contributed by atoms with Gasteiger partial charge in [0.05, 0.1) is 17.7 Å². The highest BCUT2D eigenvalue weighted by Crippen LogP contribution is 2.54. The van der Waals surface area contributed by atoms with Gasteiger partial charge in [-0.05, 0) is 55.5 Å². The highest BCUT2D eigenvalue weighted by molar-refractivity contribution is 7.10. The van der Waals surface area contributed by atoms with E-state index in [1.54, 1.807) is 44.3 Å². The predicted molar refractivity (Wildman–Crippen MR) is 152 cm³/mol. The minimum Gasteiger partial charge on any atom is -0.368 e. The quantitative estimate of drug-likeness (QED) is 0.319. The van der Waals surface area contributed by atoms with Gasteiger partial charge in [-0.1, -0.05) is 54.1 Å². The SMILES string of the molecule is Cc1ccccc1C(=O)C1C(c2sccc2C)C(C(N)=O)N(C(=O)c2ccccc2)C1c1c(C)nn(C)c1Cl. The smallest absolute Gasteiger partial charge is 0.255 e. The van der Waals surface area contributed by atoms with Crippen LogP contribution in [0, 0.1) is 26.7 Å². The van der Waals surface area contributed by atoms with Crippen LogP contribution >= 0.6 is 22.9 Å². The third kappa shape index (κ3) is 4.47. The number of likely N-dealkylation sites (tertiary alicyclic amines) is 1. The van der Waals surface area contributed by atoms with E-state index in [1.807, 2.05) is 49.6 Å². The number of primary amides is 1. The minimum absolute atomic E-state index is 0.176. The number of thiophene rings is 1. The number of carbonyl (C=O) groups excluding carboxylic acids is 3. The van der Waals surface area contributed by atoms with Crippen molar-refractivity contribution in [3.8, 4) is 0 Å². The summed E-state index contributed by atoms with van der Waals surface area (Å²) < 4.78 is 1.52. The van der Waals surface area contributed by atoms with E-state index in [4.69, 9.17) is 17.3 Å². The molecule has 200 valence electrons. The summed E-state index contributed by atoms with van der Waals surface area (Å²) in [5.74, 6) is -2.77. The maximum absolute atomic E-state index is 14.6. The van der Waals surface area contributed by atoms with E-state index in [-0.39, 0.29) is 5.78 Å². The lowest BCUT2D eigenvalue weighted by Gasteiger charge is -2.31. The summed E-state index contributed by atoms with van der Waals surface area (Å²) >= 11 is 8.28. The Morgan fingerprint density at radius 3 is 2.18 bits per heavy atom. The van der Waals surface area contributed by atoms with Crippen molar-refractivity contribution in [2.45, 2.75) is 38.8 Å². The molecule has 2 amide bonds. The second-order valence-electron chi connectivity index (χ2n) is 9.98. The Morgan fingerprint density at radius 2 is 1.62 bits per heavy atom. The number of Topliss-reactive ketones (excluding diaryl/α,β-unsaturated/α-hetero) is 1. The Kier molecular flexibility index (Phi) is 7.18. The molecule has 4 aromatic rings. The Morgan fingerprint density at radius 1 is 0.949 bits per heavy atom. The summed E-state index contributed by atoms with van der Waals surface area (Å²) in [6, 6.07) is 16.1. The molecule has 5 rings (SSSR count). The predicted octanol–water partition coefficient (Wildman–Crippen LogP) is 5.39. The van der Waals surface area contributed by atoms with Crippen LogP contribution < -0.4 is 5.73 Å². The van der Waals surface area contributed by atoms with Crippen LogP contribution in [-0.4, -0.2) is 38.3 Å². The van der Waals surface area contributed by atoms with Crippen LogP contribution in [0.2, 0.25) is 5.15 Å². The van der Waals surface area contributed by atoms with Crippen molar-refractivity contribution in [3.63, 3.8) is 0 Å². The summed E-state index contributed by atoms with van der Waals surface area (Å²) in [6.07, 6.45) is 0. The molecule has 2 aromatic heterocycles. The van der Waals surface area contributed by atoms with Crippen LogP contribution in [-0.2, 0) is 11.8 Å². The normalized spacial score (nSPS) is 20.8. The van der Waals surface area contributed by atoms with Gasteiger partial charge in [0.2, 0.25) is 5.91 Å². The first-order chi connectivity index (χ1) is 18.6. The van der Waals surface area contributed by atoms with E-state index in [2.05, 4.69) is 5.10 Å². The van der Waals surface area contributed by atoms with E-state index in [0.29, 0.717) is 27.5 Å². The third-order valence-corrected chi connectivity index (χ3v) is 9.19. The van der Waals surface area contributed by atoms with E-state index in [0.717, 1.165) is 16.0 Å². The van der Waals surface area contributed by atoms with Gasteiger partial charge < -0.3 is 10.6 Å². The van der Waals surface area contributed by atoms with Crippen molar-refractivity contribution < 1.29 is 14.4 Å². The Balaban J connectivity index is 1.84. The number of hydrogen-bond donors (Lipinski definition) is 1. The zero-order valence-electron chi connectivity index (χ0n) is 22.1. The molecule has 0 aliphatic carbocycles. The molecule has 0 saturated carbocycles.